The SMILES string of the molecule is CS(=O)(=O)NCCc1ccc(C(=O)NCc2ccc(Oc3ccc(F)cc3)cc2)s1. The van der Waals surface area contributed by atoms with Crippen molar-refractivity contribution in [2.24, 2.45) is 0 Å². The Kier molecular flexibility index (Phi) is 7.20. The summed E-state index contributed by atoms with van der Waals surface area (Å²) in [6.45, 7) is 0.658. The van der Waals surface area contributed by atoms with Crippen LogP contribution in [0.4, 0.5) is 4.39 Å². The Morgan fingerprint density at radius 3 is 2.27 bits per heavy atom. The lowest BCUT2D eigenvalue weighted by molar-refractivity contribution is 0.0955. The van der Waals surface area contributed by atoms with E-state index in [9.17, 15) is 17.6 Å². The molecule has 3 rings (SSSR count). The van der Waals surface area contributed by atoms with Crippen LogP contribution in [0.2, 0.25) is 0 Å². The predicted octanol–water partition coefficient (Wildman–Crippen LogP) is 3.70. The van der Waals surface area contributed by atoms with Crippen molar-refractivity contribution in [1.29, 1.82) is 0 Å². The standard InChI is InChI=1S/C21H21FN2O4S2/c1-30(26,27)24-13-12-19-10-11-20(29-19)21(25)23-14-15-2-6-17(7-3-15)28-18-8-4-16(22)5-9-18/h2-11,24H,12-14H2,1H3,(H,23,25). The predicted molar refractivity (Wildman–Crippen MR) is 115 cm³/mol. The number of benzene rings is 2. The summed E-state index contributed by atoms with van der Waals surface area (Å²) < 4.78 is 43.2. The number of carbonyl (C=O) groups excluding carboxylic acids is 1. The number of amides is 1. The molecule has 2 aromatic carbocycles. The summed E-state index contributed by atoms with van der Waals surface area (Å²) in [4.78, 5) is 13.8. The van der Waals surface area contributed by atoms with Crippen molar-refractivity contribution in [3.63, 3.8) is 0 Å². The molecule has 3 aromatic rings. The molecule has 6 nitrogen and oxygen atoms in total. The Hall–Kier alpha value is -2.75. The van der Waals surface area contributed by atoms with Crippen LogP contribution >= 0.6 is 11.3 Å². The fraction of sp³-hybridized carbons (Fsp3) is 0.190. The van der Waals surface area contributed by atoms with E-state index in [1.807, 2.05) is 18.2 Å². The molecule has 0 bridgehead atoms. The fourth-order valence-corrected chi connectivity index (χ4v) is 3.97. The lowest BCUT2D eigenvalue weighted by atomic mass is 10.2. The van der Waals surface area contributed by atoms with Crippen LogP contribution in [0.5, 0.6) is 11.5 Å². The van der Waals surface area contributed by atoms with E-state index in [2.05, 4.69) is 10.0 Å². The molecule has 0 fully saturated rings. The van der Waals surface area contributed by atoms with E-state index in [0.717, 1.165) is 16.7 Å². The second-order valence-electron chi connectivity index (χ2n) is 6.57. The third kappa shape index (κ3) is 6.94. The number of ether oxygens (including phenoxy) is 1. The second-order valence-corrected chi connectivity index (χ2v) is 9.57. The van der Waals surface area contributed by atoms with E-state index in [-0.39, 0.29) is 11.7 Å². The number of hydrogen-bond acceptors (Lipinski definition) is 5. The minimum Gasteiger partial charge on any atom is -0.457 e. The van der Waals surface area contributed by atoms with Crippen LogP contribution in [0.1, 0.15) is 20.1 Å². The molecule has 0 saturated heterocycles. The maximum Gasteiger partial charge on any atom is 0.261 e. The molecule has 0 aliphatic rings. The van der Waals surface area contributed by atoms with Crippen molar-refractivity contribution in [3.8, 4) is 11.5 Å². The first-order valence-corrected chi connectivity index (χ1v) is 11.8. The van der Waals surface area contributed by atoms with Crippen molar-refractivity contribution in [3.05, 3.63) is 81.8 Å². The minimum atomic E-state index is -3.21. The highest BCUT2D eigenvalue weighted by Crippen LogP contribution is 2.22. The molecule has 0 unspecified atom stereocenters. The third-order valence-electron chi connectivity index (χ3n) is 4.05. The first-order valence-electron chi connectivity index (χ1n) is 9.12. The summed E-state index contributed by atoms with van der Waals surface area (Å²) in [7, 11) is -3.21. The van der Waals surface area contributed by atoms with Crippen LogP contribution in [-0.2, 0) is 23.0 Å². The maximum atomic E-state index is 12.9. The van der Waals surface area contributed by atoms with Gasteiger partial charge in [-0.05, 0) is 60.5 Å². The van der Waals surface area contributed by atoms with Gasteiger partial charge >= 0.3 is 0 Å². The van der Waals surface area contributed by atoms with E-state index < -0.39 is 10.0 Å². The summed E-state index contributed by atoms with van der Waals surface area (Å²) in [6, 6.07) is 16.6. The molecule has 9 heteroatoms. The van der Waals surface area contributed by atoms with Crippen LogP contribution in [-0.4, -0.2) is 27.1 Å². The minimum absolute atomic E-state index is 0.186. The number of sulfonamides is 1. The summed E-state index contributed by atoms with van der Waals surface area (Å²) in [6.07, 6.45) is 1.64. The van der Waals surface area contributed by atoms with Crippen LogP contribution in [0.15, 0.2) is 60.7 Å². The lowest BCUT2D eigenvalue weighted by Crippen LogP contribution is -2.24. The molecule has 1 aromatic heterocycles. The number of nitrogens with one attached hydrogen (secondary N) is 2. The number of thiophene rings is 1. The van der Waals surface area contributed by atoms with Gasteiger partial charge in [0.25, 0.3) is 5.91 Å². The molecule has 0 aliphatic carbocycles. The molecule has 0 atom stereocenters. The summed E-state index contributed by atoms with van der Waals surface area (Å²) in [5.74, 6) is 0.644. The summed E-state index contributed by atoms with van der Waals surface area (Å²) in [5, 5.41) is 2.86. The zero-order valence-corrected chi connectivity index (χ0v) is 17.9. The first-order chi connectivity index (χ1) is 14.3. The van der Waals surface area contributed by atoms with Gasteiger partial charge in [-0.2, -0.15) is 0 Å². The molecular weight excluding hydrogens is 427 g/mol. The van der Waals surface area contributed by atoms with Gasteiger partial charge in [0.05, 0.1) is 11.1 Å². The highest BCUT2D eigenvalue weighted by molar-refractivity contribution is 7.88. The third-order valence-corrected chi connectivity index (χ3v) is 5.92. The molecule has 30 heavy (non-hydrogen) atoms. The molecule has 1 heterocycles. The van der Waals surface area contributed by atoms with Gasteiger partial charge in [-0.1, -0.05) is 12.1 Å². The van der Waals surface area contributed by atoms with Crippen molar-refractivity contribution in [2.45, 2.75) is 13.0 Å². The van der Waals surface area contributed by atoms with Gasteiger partial charge < -0.3 is 10.1 Å². The molecule has 2 N–H and O–H groups in total. The highest BCUT2D eigenvalue weighted by atomic mass is 32.2. The lowest BCUT2D eigenvalue weighted by Gasteiger charge is -2.07. The van der Waals surface area contributed by atoms with Crippen LogP contribution in [0, 0.1) is 5.82 Å². The Labute approximate surface area is 178 Å². The second kappa shape index (κ2) is 9.84. The molecule has 158 valence electrons. The van der Waals surface area contributed by atoms with Crippen molar-refractivity contribution >= 4 is 27.3 Å². The molecule has 0 saturated carbocycles. The maximum absolute atomic E-state index is 12.9. The Balaban J connectivity index is 1.48. The van der Waals surface area contributed by atoms with Gasteiger partial charge in [0, 0.05) is 18.0 Å². The Morgan fingerprint density at radius 1 is 1.00 bits per heavy atom. The zero-order valence-electron chi connectivity index (χ0n) is 16.2. The molecule has 0 radical (unpaired) electrons. The van der Waals surface area contributed by atoms with Crippen molar-refractivity contribution in [1.82, 2.24) is 10.0 Å². The van der Waals surface area contributed by atoms with E-state index in [0.29, 0.717) is 35.9 Å². The van der Waals surface area contributed by atoms with E-state index in [1.54, 1.807) is 30.3 Å². The Bertz CT molecular complexity index is 1090. The van der Waals surface area contributed by atoms with Gasteiger partial charge in [0.2, 0.25) is 10.0 Å². The van der Waals surface area contributed by atoms with E-state index >= 15 is 0 Å². The average molecular weight is 449 g/mol. The van der Waals surface area contributed by atoms with Gasteiger partial charge in [0.1, 0.15) is 17.3 Å². The summed E-state index contributed by atoms with van der Waals surface area (Å²) in [5.41, 5.74) is 0.906. The molecule has 0 aliphatic heterocycles. The fourth-order valence-electron chi connectivity index (χ4n) is 2.58. The van der Waals surface area contributed by atoms with Gasteiger partial charge in [-0.25, -0.2) is 17.5 Å². The zero-order chi connectivity index (χ0) is 21.6. The number of halogens is 1. The largest absolute Gasteiger partial charge is 0.457 e. The van der Waals surface area contributed by atoms with Crippen LogP contribution in [0.25, 0.3) is 0 Å². The number of carbonyl (C=O) groups is 1. The van der Waals surface area contributed by atoms with Gasteiger partial charge in [-0.15, -0.1) is 11.3 Å². The van der Waals surface area contributed by atoms with Gasteiger partial charge in [-0.3, -0.25) is 4.79 Å². The number of rotatable bonds is 9. The normalized spacial score (nSPS) is 11.3. The van der Waals surface area contributed by atoms with E-state index in [4.69, 9.17) is 4.74 Å². The smallest absolute Gasteiger partial charge is 0.261 e. The molecular formula is C21H21FN2O4S2. The summed E-state index contributed by atoms with van der Waals surface area (Å²) >= 11 is 1.34. The van der Waals surface area contributed by atoms with Crippen molar-refractivity contribution < 1.29 is 22.3 Å². The number of hydrogen-bond donors (Lipinski definition) is 2. The van der Waals surface area contributed by atoms with E-state index in [1.165, 1.54) is 23.5 Å². The topological polar surface area (TPSA) is 84.5 Å². The quantitative estimate of drug-likeness (QED) is 0.523. The highest BCUT2D eigenvalue weighted by Gasteiger charge is 2.10. The monoisotopic (exact) mass is 448 g/mol. The van der Waals surface area contributed by atoms with Crippen LogP contribution in [0.3, 0.4) is 0 Å². The molecule has 0 spiro atoms. The van der Waals surface area contributed by atoms with Crippen molar-refractivity contribution in [2.75, 3.05) is 12.8 Å². The Morgan fingerprint density at radius 2 is 1.63 bits per heavy atom. The average Bonchev–Trinajstić information content (AvgIpc) is 3.17. The molecule has 1 amide bonds. The van der Waals surface area contributed by atoms with Crippen LogP contribution < -0.4 is 14.8 Å². The van der Waals surface area contributed by atoms with Gasteiger partial charge in [0.15, 0.2) is 0 Å². The first kappa shape index (κ1) is 21.9.